The van der Waals surface area contributed by atoms with Crippen molar-refractivity contribution in [3.8, 4) is 0 Å². The summed E-state index contributed by atoms with van der Waals surface area (Å²) in [4.78, 5) is 15.6. The Hall–Kier alpha value is -1.91. The Bertz CT molecular complexity index is 556. The van der Waals surface area contributed by atoms with Gasteiger partial charge in [0.1, 0.15) is 0 Å². The lowest BCUT2D eigenvalue weighted by atomic mass is 9.80. The maximum Gasteiger partial charge on any atom is 0.269 e. The first-order chi connectivity index (χ1) is 7.77. The number of amides is 1. The highest BCUT2D eigenvalue weighted by atomic mass is 16.1. The number of rotatable bonds is 2. The van der Waals surface area contributed by atoms with Crippen LogP contribution in [-0.2, 0) is 0 Å². The van der Waals surface area contributed by atoms with E-state index in [0.717, 1.165) is 24.1 Å². The van der Waals surface area contributed by atoms with Gasteiger partial charge in [-0.2, -0.15) is 5.10 Å². The van der Waals surface area contributed by atoms with Gasteiger partial charge in [-0.1, -0.05) is 6.42 Å². The van der Waals surface area contributed by atoms with Gasteiger partial charge in [0.2, 0.25) is 0 Å². The number of fused-ring (bicyclic) bond motifs is 1. The fraction of sp³-hybridized carbons (Fsp3) is 0.364. The van der Waals surface area contributed by atoms with Gasteiger partial charge in [-0.15, -0.1) is 0 Å². The Labute approximate surface area is 92.3 Å². The maximum absolute atomic E-state index is 11.4. The number of nitrogens with two attached hydrogens (primary N) is 1. The van der Waals surface area contributed by atoms with Crippen LogP contribution in [0.3, 0.4) is 0 Å². The normalized spacial score (nSPS) is 16.2. The molecule has 1 aliphatic rings. The zero-order chi connectivity index (χ0) is 11.1. The lowest BCUT2D eigenvalue weighted by Gasteiger charge is -2.24. The fourth-order valence-corrected chi connectivity index (χ4v) is 2.16. The molecule has 16 heavy (non-hydrogen) atoms. The van der Waals surface area contributed by atoms with Gasteiger partial charge in [0.25, 0.3) is 5.91 Å². The molecule has 0 spiro atoms. The summed E-state index contributed by atoms with van der Waals surface area (Å²) in [5, 5.41) is 4.19. The van der Waals surface area contributed by atoms with E-state index in [-0.39, 0.29) is 0 Å². The van der Waals surface area contributed by atoms with E-state index in [4.69, 9.17) is 5.73 Å². The zero-order valence-corrected chi connectivity index (χ0v) is 8.76. The average Bonchev–Trinajstić information content (AvgIpc) is 2.56. The van der Waals surface area contributed by atoms with Crippen LogP contribution in [0.15, 0.2) is 18.5 Å². The highest BCUT2D eigenvalue weighted by Gasteiger charge is 2.29. The van der Waals surface area contributed by atoms with E-state index in [0.29, 0.717) is 11.6 Å². The molecule has 0 aromatic carbocycles. The molecule has 2 aromatic heterocycles. The number of carbonyl (C=O) groups is 1. The van der Waals surface area contributed by atoms with Crippen molar-refractivity contribution in [3.05, 3.63) is 29.7 Å². The molecule has 0 atom stereocenters. The molecular formula is C11H12N4O. The summed E-state index contributed by atoms with van der Waals surface area (Å²) >= 11 is 0. The average molecular weight is 216 g/mol. The molecule has 0 saturated heterocycles. The molecule has 0 radical (unpaired) electrons. The molecule has 1 amide bonds. The first kappa shape index (κ1) is 9.33. The van der Waals surface area contributed by atoms with E-state index < -0.39 is 5.91 Å². The Kier molecular flexibility index (Phi) is 1.92. The van der Waals surface area contributed by atoms with Crippen molar-refractivity contribution in [2.75, 3.05) is 0 Å². The number of carbonyl (C=O) groups excluding carboxylic acids is 1. The van der Waals surface area contributed by atoms with Gasteiger partial charge in [-0.25, -0.2) is 9.50 Å². The summed E-state index contributed by atoms with van der Waals surface area (Å²) in [5.41, 5.74) is 7.43. The minimum Gasteiger partial charge on any atom is -0.364 e. The van der Waals surface area contributed by atoms with Crippen molar-refractivity contribution in [3.63, 3.8) is 0 Å². The van der Waals surface area contributed by atoms with Crippen LogP contribution in [0, 0.1) is 0 Å². The SMILES string of the molecule is NC(=O)c1nn2cccnc2c1C1CCC1. The monoisotopic (exact) mass is 216 g/mol. The van der Waals surface area contributed by atoms with Crippen LogP contribution < -0.4 is 5.73 Å². The molecule has 0 unspecified atom stereocenters. The largest absolute Gasteiger partial charge is 0.364 e. The second kappa shape index (κ2) is 3.30. The molecule has 5 heteroatoms. The highest BCUT2D eigenvalue weighted by molar-refractivity contribution is 5.94. The molecule has 1 saturated carbocycles. The van der Waals surface area contributed by atoms with Gasteiger partial charge in [0, 0.05) is 18.0 Å². The van der Waals surface area contributed by atoms with Crippen molar-refractivity contribution < 1.29 is 4.79 Å². The molecular weight excluding hydrogens is 204 g/mol. The second-order valence-electron chi connectivity index (χ2n) is 4.14. The third-order valence-corrected chi connectivity index (χ3v) is 3.18. The summed E-state index contributed by atoms with van der Waals surface area (Å²) < 4.78 is 1.63. The lowest BCUT2D eigenvalue weighted by Crippen LogP contribution is -2.18. The summed E-state index contributed by atoms with van der Waals surface area (Å²) in [6, 6.07) is 1.79. The van der Waals surface area contributed by atoms with E-state index in [2.05, 4.69) is 10.1 Å². The maximum atomic E-state index is 11.4. The quantitative estimate of drug-likeness (QED) is 0.816. The van der Waals surface area contributed by atoms with Gasteiger partial charge >= 0.3 is 0 Å². The minimum atomic E-state index is -0.465. The van der Waals surface area contributed by atoms with Gasteiger partial charge in [0.15, 0.2) is 11.3 Å². The standard InChI is InChI=1S/C11H12N4O/c12-10(16)9-8(7-3-1-4-7)11-13-5-2-6-15(11)14-9/h2,5-7H,1,3-4H2,(H2,12,16). The van der Waals surface area contributed by atoms with E-state index in [1.807, 2.05) is 0 Å². The molecule has 0 bridgehead atoms. The van der Waals surface area contributed by atoms with Crippen molar-refractivity contribution in [2.24, 2.45) is 5.73 Å². The Morgan fingerprint density at radius 3 is 2.94 bits per heavy atom. The summed E-state index contributed by atoms with van der Waals surface area (Å²) in [5.74, 6) is -0.0673. The number of aromatic nitrogens is 3. The molecule has 2 aromatic rings. The Balaban J connectivity index is 2.26. The van der Waals surface area contributed by atoms with E-state index in [9.17, 15) is 4.79 Å². The van der Waals surface area contributed by atoms with Gasteiger partial charge < -0.3 is 5.73 Å². The molecule has 2 N–H and O–H groups in total. The zero-order valence-electron chi connectivity index (χ0n) is 8.76. The van der Waals surface area contributed by atoms with Crippen LogP contribution in [0.5, 0.6) is 0 Å². The molecule has 2 heterocycles. The fourth-order valence-electron chi connectivity index (χ4n) is 2.16. The van der Waals surface area contributed by atoms with Crippen LogP contribution in [0.1, 0.15) is 41.2 Å². The topological polar surface area (TPSA) is 73.3 Å². The Morgan fingerprint density at radius 2 is 2.31 bits per heavy atom. The molecule has 82 valence electrons. The third-order valence-electron chi connectivity index (χ3n) is 3.18. The molecule has 0 aliphatic heterocycles. The summed E-state index contributed by atoms with van der Waals surface area (Å²) in [6.07, 6.45) is 6.89. The molecule has 1 aliphatic carbocycles. The number of primary amides is 1. The first-order valence-corrected chi connectivity index (χ1v) is 5.40. The smallest absolute Gasteiger partial charge is 0.269 e. The van der Waals surface area contributed by atoms with Crippen molar-refractivity contribution in [2.45, 2.75) is 25.2 Å². The van der Waals surface area contributed by atoms with Crippen molar-refractivity contribution in [1.29, 1.82) is 0 Å². The molecule has 3 rings (SSSR count). The predicted molar refractivity (Wildman–Crippen MR) is 58.1 cm³/mol. The third kappa shape index (κ3) is 1.21. The lowest BCUT2D eigenvalue weighted by molar-refractivity contribution is 0.0993. The van der Waals surface area contributed by atoms with Crippen molar-refractivity contribution in [1.82, 2.24) is 14.6 Å². The van der Waals surface area contributed by atoms with Crippen LogP contribution in [0.4, 0.5) is 0 Å². The minimum absolute atomic E-state index is 0.378. The Morgan fingerprint density at radius 1 is 1.50 bits per heavy atom. The highest BCUT2D eigenvalue weighted by Crippen LogP contribution is 2.39. The number of hydrogen-bond donors (Lipinski definition) is 1. The van der Waals surface area contributed by atoms with Crippen LogP contribution >= 0.6 is 0 Å². The van der Waals surface area contributed by atoms with E-state index in [1.54, 1.807) is 23.0 Å². The van der Waals surface area contributed by atoms with Gasteiger partial charge in [-0.05, 0) is 24.8 Å². The van der Waals surface area contributed by atoms with Gasteiger partial charge in [-0.3, -0.25) is 4.79 Å². The van der Waals surface area contributed by atoms with E-state index in [1.165, 1.54) is 6.42 Å². The van der Waals surface area contributed by atoms with Crippen LogP contribution in [0.25, 0.3) is 5.65 Å². The molecule has 5 nitrogen and oxygen atoms in total. The van der Waals surface area contributed by atoms with Crippen LogP contribution in [-0.4, -0.2) is 20.5 Å². The van der Waals surface area contributed by atoms with Crippen LogP contribution in [0.2, 0.25) is 0 Å². The summed E-state index contributed by atoms with van der Waals surface area (Å²) in [6.45, 7) is 0. The molecule has 1 fully saturated rings. The first-order valence-electron chi connectivity index (χ1n) is 5.40. The summed E-state index contributed by atoms with van der Waals surface area (Å²) in [7, 11) is 0. The second-order valence-corrected chi connectivity index (χ2v) is 4.14. The number of nitrogens with zero attached hydrogens (tertiary/aromatic N) is 3. The number of hydrogen-bond acceptors (Lipinski definition) is 3. The predicted octanol–water partition coefficient (Wildman–Crippen LogP) is 1.10. The van der Waals surface area contributed by atoms with E-state index >= 15 is 0 Å². The van der Waals surface area contributed by atoms with Gasteiger partial charge in [0.05, 0.1) is 0 Å². The van der Waals surface area contributed by atoms with Crippen molar-refractivity contribution >= 4 is 11.6 Å².